The van der Waals surface area contributed by atoms with Crippen molar-refractivity contribution in [2.45, 2.75) is 37.0 Å². The highest BCUT2D eigenvalue weighted by Gasteiger charge is 2.17. The van der Waals surface area contributed by atoms with E-state index in [0.29, 0.717) is 0 Å². The number of thioether (sulfide) groups is 1. The molecule has 1 aliphatic carbocycles. The normalized spacial score (nSPS) is 20.1. The summed E-state index contributed by atoms with van der Waals surface area (Å²) in [7, 11) is 0. The van der Waals surface area contributed by atoms with Crippen LogP contribution in [0.25, 0.3) is 0 Å². The highest BCUT2D eigenvalue weighted by molar-refractivity contribution is 7.99. The van der Waals surface area contributed by atoms with E-state index in [1.165, 1.54) is 30.6 Å². The predicted octanol–water partition coefficient (Wildman–Crippen LogP) is 3.42. The van der Waals surface area contributed by atoms with Gasteiger partial charge in [0.15, 0.2) is 0 Å². The molecule has 3 heteroatoms. The Bertz CT molecular complexity index is 252. The summed E-state index contributed by atoms with van der Waals surface area (Å²) in [5.74, 6) is 1.09. The Hall–Kier alpha value is 0.01000. The van der Waals surface area contributed by atoms with Gasteiger partial charge in [-0.05, 0) is 24.3 Å². The van der Waals surface area contributed by atoms with Crippen molar-refractivity contribution < 1.29 is 0 Å². The van der Waals surface area contributed by atoms with Gasteiger partial charge in [-0.25, -0.2) is 0 Å². The number of thiophene rings is 1. The number of hydrogen-bond acceptors (Lipinski definition) is 3. The summed E-state index contributed by atoms with van der Waals surface area (Å²) >= 11 is 3.85. The fourth-order valence-corrected chi connectivity index (χ4v) is 4.04. The van der Waals surface area contributed by atoms with Crippen molar-refractivity contribution in [1.82, 2.24) is 0 Å². The Balaban J connectivity index is 1.74. The van der Waals surface area contributed by atoms with Gasteiger partial charge in [-0.2, -0.15) is 11.8 Å². The maximum Gasteiger partial charge on any atom is 0.0481 e. The van der Waals surface area contributed by atoms with Crippen LogP contribution in [0.1, 0.15) is 36.6 Å². The molecule has 1 saturated carbocycles. The van der Waals surface area contributed by atoms with Crippen LogP contribution in [-0.4, -0.2) is 11.0 Å². The smallest absolute Gasteiger partial charge is 0.0481 e. The van der Waals surface area contributed by atoms with Gasteiger partial charge in [-0.1, -0.05) is 18.9 Å². The highest BCUT2D eigenvalue weighted by atomic mass is 32.2. The van der Waals surface area contributed by atoms with Crippen LogP contribution in [0.2, 0.25) is 0 Å². The van der Waals surface area contributed by atoms with Crippen LogP contribution >= 0.6 is 23.1 Å². The van der Waals surface area contributed by atoms with Crippen LogP contribution in [0.4, 0.5) is 0 Å². The van der Waals surface area contributed by atoms with Crippen molar-refractivity contribution in [3.8, 4) is 0 Å². The minimum atomic E-state index is 0.251. The van der Waals surface area contributed by atoms with E-state index in [1.54, 1.807) is 11.3 Å². The zero-order valence-electron chi connectivity index (χ0n) is 8.32. The molecule has 0 saturated heterocycles. The van der Waals surface area contributed by atoms with Crippen LogP contribution in [-0.2, 0) is 0 Å². The summed E-state index contributed by atoms with van der Waals surface area (Å²) in [4.78, 5) is 1.33. The number of nitrogens with two attached hydrogens (primary N) is 1. The Kier molecular flexibility index (Phi) is 3.90. The van der Waals surface area contributed by atoms with Gasteiger partial charge in [0.05, 0.1) is 0 Å². The molecule has 14 heavy (non-hydrogen) atoms. The molecule has 1 aromatic heterocycles. The second-order valence-electron chi connectivity index (χ2n) is 3.86. The van der Waals surface area contributed by atoms with E-state index in [-0.39, 0.29) is 6.04 Å². The Morgan fingerprint density at radius 1 is 1.50 bits per heavy atom. The molecule has 0 radical (unpaired) electrons. The first-order chi connectivity index (χ1) is 6.86. The van der Waals surface area contributed by atoms with Crippen molar-refractivity contribution >= 4 is 23.1 Å². The molecular weight excluding hydrogens is 210 g/mol. The molecule has 0 amide bonds. The van der Waals surface area contributed by atoms with Gasteiger partial charge >= 0.3 is 0 Å². The Morgan fingerprint density at radius 3 is 2.93 bits per heavy atom. The lowest BCUT2D eigenvalue weighted by Crippen LogP contribution is -2.13. The van der Waals surface area contributed by atoms with Crippen LogP contribution in [0.3, 0.4) is 0 Å². The summed E-state index contributed by atoms with van der Waals surface area (Å²) in [5.41, 5.74) is 6.11. The highest BCUT2D eigenvalue weighted by Crippen LogP contribution is 2.32. The number of rotatable bonds is 4. The fraction of sp³-hybridized carbons (Fsp3) is 0.636. The van der Waals surface area contributed by atoms with Gasteiger partial charge in [-0.3, -0.25) is 0 Å². The molecule has 0 aliphatic heterocycles. The lowest BCUT2D eigenvalue weighted by molar-refractivity contribution is 0.837. The molecule has 0 spiro atoms. The topological polar surface area (TPSA) is 26.0 Å². The van der Waals surface area contributed by atoms with E-state index in [4.69, 9.17) is 5.73 Å². The minimum absolute atomic E-state index is 0.251. The lowest BCUT2D eigenvalue weighted by atomic mass is 10.3. The third kappa shape index (κ3) is 2.75. The van der Waals surface area contributed by atoms with Gasteiger partial charge in [0.1, 0.15) is 0 Å². The van der Waals surface area contributed by atoms with E-state index in [2.05, 4.69) is 29.3 Å². The van der Waals surface area contributed by atoms with E-state index < -0.39 is 0 Å². The molecule has 78 valence electrons. The first kappa shape index (κ1) is 10.5. The largest absolute Gasteiger partial charge is 0.323 e. The van der Waals surface area contributed by atoms with Crippen molar-refractivity contribution in [3.63, 3.8) is 0 Å². The average Bonchev–Trinajstić information content (AvgIpc) is 2.87. The van der Waals surface area contributed by atoms with E-state index in [9.17, 15) is 0 Å². The summed E-state index contributed by atoms with van der Waals surface area (Å²) < 4.78 is 0. The molecule has 2 N–H and O–H groups in total. The summed E-state index contributed by atoms with van der Waals surface area (Å²) in [6.07, 6.45) is 5.65. The first-order valence-corrected chi connectivity index (χ1v) is 7.19. The summed E-state index contributed by atoms with van der Waals surface area (Å²) in [6.45, 7) is 0. The van der Waals surface area contributed by atoms with E-state index in [0.717, 1.165) is 11.0 Å². The van der Waals surface area contributed by atoms with Crippen LogP contribution < -0.4 is 5.73 Å². The molecule has 1 heterocycles. The second kappa shape index (κ2) is 5.19. The molecule has 1 unspecified atom stereocenters. The monoisotopic (exact) mass is 227 g/mol. The second-order valence-corrected chi connectivity index (χ2v) is 6.17. The average molecular weight is 227 g/mol. The van der Waals surface area contributed by atoms with E-state index >= 15 is 0 Å². The van der Waals surface area contributed by atoms with Crippen LogP contribution in [0, 0.1) is 0 Å². The Labute approximate surface area is 94.1 Å². The SMILES string of the molecule is NC(CSC1CCCC1)c1cccs1. The van der Waals surface area contributed by atoms with Crippen molar-refractivity contribution in [2.75, 3.05) is 5.75 Å². The van der Waals surface area contributed by atoms with Gasteiger partial charge < -0.3 is 5.73 Å². The molecule has 1 atom stereocenters. The van der Waals surface area contributed by atoms with Crippen LogP contribution in [0.15, 0.2) is 17.5 Å². The van der Waals surface area contributed by atoms with Crippen molar-refractivity contribution in [1.29, 1.82) is 0 Å². The van der Waals surface area contributed by atoms with Crippen molar-refractivity contribution in [2.24, 2.45) is 5.73 Å². The summed E-state index contributed by atoms with van der Waals surface area (Å²) in [5, 5.41) is 3.00. The number of hydrogen-bond donors (Lipinski definition) is 1. The zero-order valence-corrected chi connectivity index (χ0v) is 9.95. The van der Waals surface area contributed by atoms with Gasteiger partial charge in [0.25, 0.3) is 0 Å². The quantitative estimate of drug-likeness (QED) is 0.853. The van der Waals surface area contributed by atoms with Crippen molar-refractivity contribution in [3.05, 3.63) is 22.4 Å². The minimum Gasteiger partial charge on any atom is -0.323 e. The molecular formula is C11H17NS2. The maximum atomic E-state index is 6.11. The fourth-order valence-electron chi connectivity index (χ4n) is 1.88. The van der Waals surface area contributed by atoms with Gasteiger partial charge in [0, 0.05) is 21.9 Å². The molecule has 0 aromatic carbocycles. The van der Waals surface area contributed by atoms with Gasteiger partial charge in [0.2, 0.25) is 0 Å². The first-order valence-electron chi connectivity index (χ1n) is 5.27. The molecule has 1 fully saturated rings. The standard InChI is InChI=1S/C11H17NS2/c12-10(11-6-3-7-13-11)8-14-9-4-1-2-5-9/h3,6-7,9-10H,1-2,4-5,8,12H2. The summed E-state index contributed by atoms with van der Waals surface area (Å²) in [6, 6.07) is 4.48. The molecule has 0 bridgehead atoms. The molecule has 1 aromatic rings. The predicted molar refractivity (Wildman–Crippen MR) is 66.0 cm³/mol. The third-order valence-electron chi connectivity index (χ3n) is 2.72. The van der Waals surface area contributed by atoms with Crippen LogP contribution in [0.5, 0.6) is 0 Å². The van der Waals surface area contributed by atoms with E-state index in [1.807, 2.05) is 0 Å². The molecule has 2 rings (SSSR count). The van der Waals surface area contributed by atoms with Gasteiger partial charge in [-0.15, -0.1) is 11.3 Å². The zero-order chi connectivity index (χ0) is 9.80. The molecule has 1 aliphatic rings. The molecule has 1 nitrogen and oxygen atoms in total. The third-order valence-corrected chi connectivity index (χ3v) is 5.22. The maximum absolute atomic E-state index is 6.11. The lowest BCUT2D eigenvalue weighted by Gasteiger charge is -2.12. The Morgan fingerprint density at radius 2 is 2.29 bits per heavy atom.